The van der Waals surface area contributed by atoms with E-state index in [4.69, 9.17) is 5.11 Å². The van der Waals surface area contributed by atoms with E-state index in [1.807, 2.05) is 0 Å². The number of hydrogen-bond donors (Lipinski definition) is 1. The molecule has 1 amide bonds. The third-order valence-electron chi connectivity index (χ3n) is 3.38. The van der Waals surface area contributed by atoms with Crippen molar-refractivity contribution in [1.29, 1.82) is 0 Å². The van der Waals surface area contributed by atoms with Crippen molar-refractivity contribution in [1.82, 2.24) is 9.88 Å². The maximum absolute atomic E-state index is 12.2. The lowest BCUT2D eigenvalue weighted by Gasteiger charge is -2.15. The van der Waals surface area contributed by atoms with E-state index in [0.29, 0.717) is 5.92 Å². The molecule has 0 radical (unpaired) electrons. The standard InChI is InChI=1S/C13H16N2O3/c1-2-9-4-6-15(8-9)12(16)11-7-10(13(17)18)3-5-14-11/h3,5,7,9H,2,4,6,8H2,1H3,(H,17,18). The number of carboxylic acid groups (broad SMARTS) is 1. The van der Waals surface area contributed by atoms with E-state index in [-0.39, 0.29) is 17.2 Å². The van der Waals surface area contributed by atoms with Gasteiger partial charge in [-0.2, -0.15) is 0 Å². The van der Waals surface area contributed by atoms with Crippen LogP contribution in [0, 0.1) is 5.92 Å². The monoisotopic (exact) mass is 248 g/mol. The fraction of sp³-hybridized carbons (Fsp3) is 0.462. The maximum Gasteiger partial charge on any atom is 0.335 e. The van der Waals surface area contributed by atoms with Crippen molar-refractivity contribution in [2.45, 2.75) is 19.8 Å². The Hall–Kier alpha value is -1.91. The molecule has 1 aromatic heterocycles. The molecule has 0 saturated carbocycles. The van der Waals surface area contributed by atoms with Gasteiger partial charge in [0.05, 0.1) is 5.56 Å². The lowest BCUT2D eigenvalue weighted by atomic mass is 10.1. The highest BCUT2D eigenvalue weighted by molar-refractivity contribution is 5.95. The molecule has 0 aromatic carbocycles. The van der Waals surface area contributed by atoms with Crippen LogP contribution in [-0.2, 0) is 0 Å². The molecule has 0 bridgehead atoms. The first-order valence-corrected chi connectivity index (χ1v) is 6.10. The number of likely N-dealkylation sites (tertiary alicyclic amines) is 1. The van der Waals surface area contributed by atoms with Gasteiger partial charge in [-0.25, -0.2) is 4.79 Å². The minimum Gasteiger partial charge on any atom is -0.478 e. The summed E-state index contributed by atoms with van der Waals surface area (Å²) in [5.74, 6) is -0.662. The van der Waals surface area contributed by atoms with Crippen molar-refractivity contribution in [2.75, 3.05) is 13.1 Å². The minimum absolute atomic E-state index is 0.0968. The highest BCUT2D eigenvalue weighted by Gasteiger charge is 2.26. The van der Waals surface area contributed by atoms with Gasteiger partial charge in [0.15, 0.2) is 0 Å². The number of rotatable bonds is 3. The zero-order valence-corrected chi connectivity index (χ0v) is 10.3. The summed E-state index contributed by atoms with van der Waals surface area (Å²) in [6, 6.07) is 2.72. The third-order valence-corrected chi connectivity index (χ3v) is 3.38. The Balaban J connectivity index is 2.14. The fourth-order valence-electron chi connectivity index (χ4n) is 2.19. The van der Waals surface area contributed by atoms with Crippen LogP contribution in [0.25, 0.3) is 0 Å². The number of nitrogens with zero attached hydrogens (tertiary/aromatic N) is 2. The topological polar surface area (TPSA) is 70.5 Å². The van der Waals surface area contributed by atoms with Gasteiger partial charge in [0, 0.05) is 19.3 Å². The molecule has 5 nitrogen and oxygen atoms in total. The molecule has 1 atom stereocenters. The van der Waals surface area contributed by atoms with Gasteiger partial charge in [-0.1, -0.05) is 13.3 Å². The predicted octanol–water partition coefficient (Wildman–Crippen LogP) is 1.65. The SMILES string of the molecule is CCC1CCN(C(=O)c2cc(C(=O)O)ccn2)C1. The molecule has 0 aliphatic carbocycles. The highest BCUT2D eigenvalue weighted by atomic mass is 16.4. The minimum atomic E-state index is -1.04. The quantitative estimate of drug-likeness (QED) is 0.883. The van der Waals surface area contributed by atoms with Crippen LogP contribution in [0.15, 0.2) is 18.3 Å². The lowest BCUT2D eigenvalue weighted by molar-refractivity contribution is 0.0696. The van der Waals surface area contributed by atoms with Gasteiger partial charge >= 0.3 is 5.97 Å². The third kappa shape index (κ3) is 2.50. The van der Waals surface area contributed by atoms with Crippen molar-refractivity contribution >= 4 is 11.9 Å². The van der Waals surface area contributed by atoms with Crippen LogP contribution in [0.1, 0.15) is 40.6 Å². The molecule has 1 saturated heterocycles. The number of pyridine rings is 1. The van der Waals surface area contributed by atoms with E-state index >= 15 is 0 Å². The molecule has 1 aromatic rings. The van der Waals surface area contributed by atoms with Crippen LogP contribution in [0.5, 0.6) is 0 Å². The molecule has 18 heavy (non-hydrogen) atoms. The Morgan fingerprint density at radius 1 is 1.56 bits per heavy atom. The smallest absolute Gasteiger partial charge is 0.335 e. The molecule has 1 fully saturated rings. The Labute approximate surface area is 105 Å². The van der Waals surface area contributed by atoms with Gasteiger partial charge in [0.1, 0.15) is 5.69 Å². The molecular weight excluding hydrogens is 232 g/mol. The zero-order chi connectivity index (χ0) is 13.1. The van der Waals surface area contributed by atoms with Crippen molar-refractivity contribution in [3.63, 3.8) is 0 Å². The molecule has 2 rings (SSSR count). The number of carbonyl (C=O) groups excluding carboxylic acids is 1. The number of amides is 1. The Morgan fingerprint density at radius 2 is 2.33 bits per heavy atom. The Morgan fingerprint density at radius 3 is 2.94 bits per heavy atom. The second-order valence-corrected chi connectivity index (χ2v) is 4.55. The highest BCUT2D eigenvalue weighted by Crippen LogP contribution is 2.20. The molecule has 1 aliphatic heterocycles. The molecular formula is C13H16N2O3. The summed E-state index contributed by atoms with van der Waals surface area (Å²) < 4.78 is 0. The molecule has 2 heterocycles. The Kier molecular flexibility index (Phi) is 3.60. The number of carbonyl (C=O) groups is 2. The normalized spacial score (nSPS) is 18.9. The average molecular weight is 248 g/mol. The van der Waals surface area contributed by atoms with E-state index in [9.17, 15) is 9.59 Å². The van der Waals surface area contributed by atoms with Gasteiger partial charge in [-0.3, -0.25) is 9.78 Å². The van der Waals surface area contributed by atoms with Crippen molar-refractivity contribution in [3.8, 4) is 0 Å². The second-order valence-electron chi connectivity index (χ2n) is 4.55. The largest absolute Gasteiger partial charge is 0.478 e. The molecule has 1 aliphatic rings. The fourth-order valence-corrected chi connectivity index (χ4v) is 2.19. The summed E-state index contributed by atoms with van der Waals surface area (Å²) >= 11 is 0. The first kappa shape index (κ1) is 12.5. The Bertz CT molecular complexity index is 473. The van der Waals surface area contributed by atoms with Gasteiger partial charge in [0.2, 0.25) is 0 Å². The first-order valence-electron chi connectivity index (χ1n) is 6.10. The maximum atomic E-state index is 12.2. The molecule has 5 heteroatoms. The van der Waals surface area contributed by atoms with Crippen LogP contribution in [0.4, 0.5) is 0 Å². The summed E-state index contributed by atoms with van der Waals surface area (Å²) in [5.41, 5.74) is 0.311. The van der Waals surface area contributed by atoms with Crippen molar-refractivity contribution in [2.24, 2.45) is 5.92 Å². The van der Waals surface area contributed by atoms with E-state index in [0.717, 1.165) is 25.9 Å². The average Bonchev–Trinajstić information content (AvgIpc) is 2.86. The van der Waals surface area contributed by atoms with E-state index < -0.39 is 5.97 Å². The number of carboxylic acids is 1. The lowest BCUT2D eigenvalue weighted by Crippen LogP contribution is -2.29. The summed E-state index contributed by atoms with van der Waals surface area (Å²) in [7, 11) is 0. The van der Waals surface area contributed by atoms with Crippen LogP contribution in [0.3, 0.4) is 0 Å². The summed E-state index contributed by atoms with van der Waals surface area (Å²) in [6.45, 7) is 3.59. The summed E-state index contributed by atoms with van der Waals surface area (Å²) in [4.78, 5) is 28.7. The summed E-state index contributed by atoms with van der Waals surface area (Å²) in [6.07, 6.45) is 3.44. The van der Waals surface area contributed by atoms with Gasteiger partial charge in [-0.15, -0.1) is 0 Å². The number of hydrogen-bond acceptors (Lipinski definition) is 3. The van der Waals surface area contributed by atoms with E-state index in [1.54, 1.807) is 4.90 Å². The van der Waals surface area contributed by atoms with Gasteiger partial charge < -0.3 is 10.0 Å². The van der Waals surface area contributed by atoms with Gasteiger partial charge in [0.25, 0.3) is 5.91 Å². The van der Waals surface area contributed by atoms with Crippen LogP contribution in [0.2, 0.25) is 0 Å². The summed E-state index contributed by atoms with van der Waals surface area (Å²) in [5, 5.41) is 8.88. The second kappa shape index (κ2) is 5.16. The molecule has 1 unspecified atom stereocenters. The van der Waals surface area contributed by atoms with Gasteiger partial charge in [-0.05, 0) is 24.5 Å². The first-order chi connectivity index (χ1) is 8.61. The molecule has 0 spiro atoms. The number of aromatic carboxylic acids is 1. The molecule has 96 valence electrons. The van der Waals surface area contributed by atoms with Crippen LogP contribution >= 0.6 is 0 Å². The van der Waals surface area contributed by atoms with Crippen LogP contribution < -0.4 is 0 Å². The number of aromatic nitrogens is 1. The zero-order valence-electron chi connectivity index (χ0n) is 10.3. The molecule has 1 N–H and O–H groups in total. The van der Waals surface area contributed by atoms with E-state index in [1.165, 1.54) is 18.3 Å². The van der Waals surface area contributed by atoms with Crippen molar-refractivity contribution < 1.29 is 14.7 Å². The van der Waals surface area contributed by atoms with Crippen LogP contribution in [-0.4, -0.2) is 40.0 Å². The van der Waals surface area contributed by atoms with Crippen molar-refractivity contribution in [3.05, 3.63) is 29.6 Å². The van der Waals surface area contributed by atoms with E-state index in [2.05, 4.69) is 11.9 Å². The predicted molar refractivity (Wildman–Crippen MR) is 65.5 cm³/mol.